The first-order valence-corrected chi connectivity index (χ1v) is 9.46. The van der Waals surface area contributed by atoms with Crippen molar-refractivity contribution in [2.45, 2.75) is 11.4 Å². The van der Waals surface area contributed by atoms with Crippen LogP contribution in [0.15, 0.2) is 52.1 Å². The number of anilines is 1. The molecule has 0 spiro atoms. The predicted octanol–water partition coefficient (Wildman–Crippen LogP) is 4.23. The van der Waals surface area contributed by atoms with Crippen LogP contribution in [0.4, 0.5) is 5.69 Å². The molecule has 1 aromatic heterocycles. The summed E-state index contributed by atoms with van der Waals surface area (Å²) in [6.45, 7) is 0. The van der Waals surface area contributed by atoms with Crippen molar-refractivity contribution in [3.8, 4) is 22.9 Å². The number of aromatic nitrogens is 3. The molecule has 0 unspecified atom stereocenters. The number of ether oxygens (including phenoxy) is 1. The molecule has 2 N–H and O–H groups in total. The van der Waals surface area contributed by atoms with Crippen LogP contribution in [0.3, 0.4) is 0 Å². The van der Waals surface area contributed by atoms with Gasteiger partial charge in [-0.15, -0.1) is 10.2 Å². The van der Waals surface area contributed by atoms with Gasteiger partial charge in [0.1, 0.15) is 5.75 Å². The van der Waals surface area contributed by atoms with Crippen LogP contribution in [-0.4, -0.2) is 26.5 Å². The lowest BCUT2D eigenvalue weighted by atomic mass is 10.1. The maximum atomic E-state index is 9.53. The van der Waals surface area contributed by atoms with Crippen molar-refractivity contribution in [2.24, 2.45) is 0 Å². The lowest BCUT2D eigenvalue weighted by molar-refractivity contribution is 0.225. The van der Waals surface area contributed by atoms with E-state index in [9.17, 15) is 5.11 Å². The Bertz CT molecular complexity index is 936. The fourth-order valence-electron chi connectivity index (χ4n) is 2.56. The normalized spacial score (nSPS) is 15.4. The van der Waals surface area contributed by atoms with Gasteiger partial charge < -0.3 is 15.2 Å². The summed E-state index contributed by atoms with van der Waals surface area (Å²) < 4.78 is 7.04. The second-order valence-corrected chi connectivity index (χ2v) is 7.06. The van der Waals surface area contributed by atoms with E-state index in [1.165, 1.54) is 11.8 Å². The highest BCUT2D eigenvalue weighted by atomic mass is 79.9. The minimum Gasteiger partial charge on any atom is -0.508 e. The number of aromatic hydroxyl groups is 1. The number of hydrogen-bond donors (Lipinski definition) is 2. The molecule has 0 aliphatic carbocycles. The Morgan fingerprint density at radius 3 is 2.72 bits per heavy atom. The number of hydrogen-bond acceptors (Lipinski definition) is 7. The lowest BCUT2D eigenvalue weighted by Crippen LogP contribution is -2.17. The number of phenolic OH excluding ortho intramolecular Hbond substituents is 1. The SMILES string of the molecule is CSc1nnc2c(n1)O[C@@H](c1ccc(O)cc1)Nc1ccc(Br)cc1-2. The highest BCUT2D eigenvalue weighted by Crippen LogP contribution is 2.40. The third-order valence-corrected chi connectivity index (χ3v) is 4.80. The van der Waals surface area contributed by atoms with Crippen molar-refractivity contribution >= 4 is 33.4 Å². The summed E-state index contributed by atoms with van der Waals surface area (Å²) in [5.41, 5.74) is 3.18. The molecule has 6 nitrogen and oxygen atoms in total. The van der Waals surface area contributed by atoms with E-state index in [0.717, 1.165) is 21.3 Å². The first kappa shape index (κ1) is 16.2. The molecule has 2 aromatic carbocycles. The quantitative estimate of drug-likeness (QED) is 0.604. The van der Waals surface area contributed by atoms with Crippen molar-refractivity contribution in [3.63, 3.8) is 0 Å². The van der Waals surface area contributed by atoms with E-state index < -0.39 is 6.23 Å². The van der Waals surface area contributed by atoms with Crippen LogP contribution in [0.2, 0.25) is 0 Å². The Morgan fingerprint density at radius 2 is 1.96 bits per heavy atom. The Morgan fingerprint density at radius 1 is 1.16 bits per heavy atom. The third-order valence-electron chi connectivity index (χ3n) is 3.77. The van der Waals surface area contributed by atoms with E-state index >= 15 is 0 Å². The van der Waals surface area contributed by atoms with Gasteiger partial charge in [-0.25, -0.2) is 0 Å². The predicted molar refractivity (Wildman–Crippen MR) is 99.8 cm³/mol. The van der Waals surface area contributed by atoms with Crippen molar-refractivity contribution in [1.29, 1.82) is 0 Å². The summed E-state index contributed by atoms with van der Waals surface area (Å²) in [6, 6.07) is 12.7. The van der Waals surface area contributed by atoms with Crippen molar-refractivity contribution < 1.29 is 9.84 Å². The maximum Gasteiger partial charge on any atom is 0.247 e. The van der Waals surface area contributed by atoms with Gasteiger partial charge in [0, 0.05) is 21.3 Å². The van der Waals surface area contributed by atoms with Crippen LogP contribution in [0, 0.1) is 0 Å². The van der Waals surface area contributed by atoms with Crippen LogP contribution < -0.4 is 10.1 Å². The van der Waals surface area contributed by atoms with Crippen LogP contribution in [0.1, 0.15) is 11.8 Å². The van der Waals surface area contributed by atoms with Crippen molar-refractivity contribution in [3.05, 3.63) is 52.5 Å². The number of thioether (sulfide) groups is 1. The smallest absolute Gasteiger partial charge is 0.247 e. The Kier molecular flexibility index (Phi) is 4.22. The van der Waals surface area contributed by atoms with Crippen molar-refractivity contribution in [2.75, 3.05) is 11.6 Å². The van der Waals surface area contributed by atoms with Crippen molar-refractivity contribution in [1.82, 2.24) is 15.2 Å². The molecule has 1 atom stereocenters. The van der Waals surface area contributed by atoms with Crippen LogP contribution in [0.5, 0.6) is 11.6 Å². The van der Waals surface area contributed by atoms with Gasteiger partial charge in [0.25, 0.3) is 0 Å². The van der Waals surface area contributed by atoms with Gasteiger partial charge in [-0.05, 0) is 48.7 Å². The van der Waals surface area contributed by atoms with E-state index in [1.807, 2.05) is 24.5 Å². The number of halogens is 1. The molecule has 0 saturated heterocycles. The maximum absolute atomic E-state index is 9.53. The molecule has 2 heterocycles. The van der Waals surface area contributed by atoms with E-state index in [2.05, 4.69) is 36.4 Å². The van der Waals surface area contributed by atoms with Gasteiger partial charge >= 0.3 is 0 Å². The number of nitrogens with one attached hydrogen (secondary N) is 1. The third kappa shape index (κ3) is 3.14. The molecule has 0 bridgehead atoms. The Hall–Kier alpha value is -2.32. The summed E-state index contributed by atoms with van der Waals surface area (Å²) in [7, 11) is 0. The van der Waals surface area contributed by atoms with Crippen LogP contribution in [-0.2, 0) is 0 Å². The highest BCUT2D eigenvalue weighted by molar-refractivity contribution is 9.10. The minimum absolute atomic E-state index is 0.204. The average molecular weight is 417 g/mol. The molecule has 0 amide bonds. The van der Waals surface area contributed by atoms with Gasteiger partial charge in [-0.2, -0.15) is 4.98 Å². The fraction of sp³-hybridized carbons (Fsp3) is 0.118. The number of nitrogens with zero attached hydrogens (tertiary/aromatic N) is 3. The summed E-state index contributed by atoms with van der Waals surface area (Å²) in [4.78, 5) is 4.48. The molecule has 0 radical (unpaired) electrons. The van der Waals surface area contributed by atoms with Gasteiger partial charge in [0.05, 0.1) is 0 Å². The highest BCUT2D eigenvalue weighted by Gasteiger charge is 2.26. The van der Waals surface area contributed by atoms with Gasteiger partial charge in [-0.1, -0.05) is 27.7 Å². The molecule has 3 aromatic rings. The first-order valence-electron chi connectivity index (χ1n) is 7.45. The number of benzene rings is 2. The van der Waals surface area contributed by atoms with E-state index in [4.69, 9.17) is 4.74 Å². The molecular formula is C17H13BrN4O2S. The molecule has 4 rings (SSSR count). The standard InChI is InChI=1S/C17H13BrN4O2S/c1-25-17-20-16-14(21-22-17)12-8-10(18)4-7-13(12)19-15(24-16)9-2-5-11(23)6-3-9/h2-8,15,19,23H,1H3/t15-/m0/s1. The molecule has 25 heavy (non-hydrogen) atoms. The Labute approximate surface area is 156 Å². The zero-order valence-electron chi connectivity index (χ0n) is 13.1. The lowest BCUT2D eigenvalue weighted by Gasteiger charge is -2.19. The van der Waals surface area contributed by atoms with E-state index in [0.29, 0.717) is 16.7 Å². The van der Waals surface area contributed by atoms with Crippen LogP contribution >= 0.6 is 27.7 Å². The largest absolute Gasteiger partial charge is 0.508 e. The summed E-state index contributed by atoms with van der Waals surface area (Å²) in [6.07, 6.45) is 1.42. The minimum atomic E-state index is -0.465. The second-order valence-electron chi connectivity index (χ2n) is 5.38. The van der Waals surface area contributed by atoms with Gasteiger partial charge in [0.15, 0.2) is 11.9 Å². The average Bonchev–Trinajstić information content (AvgIpc) is 2.78. The molecule has 8 heteroatoms. The molecular weight excluding hydrogens is 404 g/mol. The van der Waals surface area contributed by atoms with E-state index in [-0.39, 0.29) is 5.75 Å². The zero-order chi connectivity index (χ0) is 17.4. The molecule has 0 fully saturated rings. The number of rotatable bonds is 2. The number of phenols is 1. The summed E-state index contributed by atoms with van der Waals surface area (Å²) in [5, 5.41) is 21.9. The van der Waals surface area contributed by atoms with Gasteiger partial charge in [-0.3, -0.25) is 0 Å². The second kappa shape index (κ2) is 6.53. The molecule has 1 aliphatic rings. The Balaban J connectivity index is 1.87. The van der Waals surface area contributed by atoms with E-state index in [1.54, 1.807) is 24.3 Å². The number of fused-ring (bicyclic) bond motifs is 3. The molecule has 0 saturated carbocycles. The summed E-state index contributed by atoms with van der Waals surface area (Å²) in [5.74, 6) is 0.623. The fourth-order valence-corrected chi connectivity index (χ4v) is 3.21. The first-order chi connectivity index (χ1) is 12.1. The van der Waals surface area contributed by atoms with Crippen LogP contribution in [0.25, 0.3) is 11.3 Å². The van der Waals surface area contributed by atoms with Gasteiger partial charge in [0.2, 0.25) is 11.0 Å². The monoisotopic (exact) mass is 416 g/mol. The zero-order valence-corrected chi connectivity index (χ0v) is 15.5. The topological polar surface area (TPSA) is 80.2 Å². The molecule has 1 aliphatic heterocycles. The molecule has 126 valence electrons. The summed E-state index contributed by atoms with van der Waals surface area (Å²) >= 11 is 4.90.